The van der Waals surface area contributed by atoms with Crippen LogP contribution in [0.5, 0.6) is 5.88 Å². The molecule has 14 heavy (non-hydrogen) atoms. The van der Waals surface area contributed by atoms with Crippen molar-refractivity contribution in [3.05, 3.63) is 15.1 Å². The number of aromatic nitrogens is 1. The molecule has 1 aromatic rings. The first kappa shape index (κ1) is 9.92. The van der Waals surface area contributed by atoms with Crippen LogP contribution in [0.25, 0.3) is 0 Å². The van der Waals surface area contributed by atoms with Crippen molar-refractivity contribution >= 4 is 43.5 Å². The summed E-state index contributed by atoms with van der Waals surface area (Å²) in [6.07, 6.45) is 0. The van der Waals surface area contributed by atoms with E-state index < -0.39 is 0 Å². The molecule has 0 unspecified atom stereocenters. The molecule has 0 spiro atoms. The number of ether oxygens (including phenoxy) is 1. The Hall–Kier alpha value is -0.620. The van der Waals surface area contributed by atoms with E-state index in [1.807, 2.05) is 0 Å². The topological polar surface area (TPSA) is 42.4 Å². The lowest BCUT2D eigenvalue weighted by Crippen LogP contribution is -2.35. The monoisotopic (exact) mass is 320 g/mol. The first-order chi connectivity index (χ1) is 6.59. The number of rotatable bonds is 0. The average Bonchev–Trinajstić information content (AvgIpc) is 2.15. The molecule has 0 saturated heterocycles. The van der Waals surface area contributed by atoms with Crippen LogP contribution in [0, 0.1) is 0 Å². The molecular weight excluding hydrogens is 316 g/mol. The second-order valence-corrected chi connectivity index (χ2v) is 4.43. The number of amides is 1. The van der Waals surface area contributed by atoms with Gasteiger partial charge in [0.25, 0.3) is 5.91 Å². The molecule has 2 heterocycles. The van der Waals surface area contributed by atoms with Gasteiger partial charge in [-0.25, -0.2) is 4.98 Å². The molecule has 1 aliphatic heterocycles. The van der Waals surface area contributed by atoms with Crippen LogP contribution in [0.1, 0.15) is 0 Å². The molecule has 2 rings (SSSR count). The van der Waals surface area contributed by atoms with E-state index in [0.717, 1.165) is 4.47 Å². The van der Waals surface area contributed by atoms with Crippen LogP contribution >= 0.6 is 31.9 Å². The van der Waals surface area contributed by atoms with Gasteiger partial charge in [-0.2, -0.15) is 0 Å². The van der Waals surface area contributed by atoms with Gasteiger partial charge >= 0.3 is 0 Å². The number of carbonyl (C=O) groups is 1. The lowest BCUT2D eigenvalue weighted by atomic mass is 10.3. The van der Waals surface area contributed by atoms with Gasteiger partial charge < -0.3 is 9.64 Å². The number of anilines is 1. The summed E-state index contributed by atoms with van der Waals surface area (Å²) in [6.45, 7) is 0.0462. The van der Waals surface area contributed by atoms with Crippen molar-refractivity contribution in [3.63, 3.8) is 0 Å². The zero-order chi connectivity index (χ0) is 10.3. The number of nitrogens with zero attached hydrogens (tertiary/aromatic N) is 2. The minimum absolute atomic E-state index is 0.0462. The first-order valence-electron chi connectivity index (χ1n) is 3.85. The highest BCUT2D eigenvalue weighted by atomic mass is 79.9. The summed E-state index contributed by atoms with van der Waals surface area (Å²) in [4.78, 5) is 17.0. The number of hydrogen-bond acceptors (Lipinski definition) is 3. The molecule has 1 aromatic heterocycles. The Balaban J connectivity index is 2.55. The highest BCUT2D eigenvalue weighted by molar-refractivity contribution is 9.13. The van der Waals surface area contributed by atoms with Crippen molar-refractivity contribution < 1.29 is 9.53 Å². The van der Waals surface area contributed by atoms with Gasteiger partial charge in [0.15, 0.2) is 6.61 Å². The molecule has 0 aromatic carbocycles. The molecule has 0 saturated carbocycles. The zero-order valence-corrected chi connectivity index (χ0v) is 10.4. The van der Waals surface area contributed by atoms with Crippen molar-refractivity contribution in [3.8, 4) is 5.88 Å². The van der Waals surface area contributed by atoms with E-state index in [-0.39, 0.29) is 12.5 Å². The van der Waals surface area contributed by atoms with Crippen LogP contribution < -0.4 is 9.64 Å². The fourth-order valence-corrected chi connectivity index (χ4v) is 1.73. The summed E-state index contributed by atoms with van der Waals surface area (Å²) in [7, 11) is 1.70. The van der Waals surface area contributed by atoms with Crippen molar-refractivity contribution in [1.29, 1.82) is 0 Å². The summed E-state index contributed by atoms with van der Waals surface area (Å²) in [6, 6.07) is 1.80. The van der Waals surface area contributed by atoms with Crippen LogP contribution in [-0.2, 0) is 4.79 Å². The minimum atomic E-state index is -0.0754. The third kappa shape index (κ3) is 1.52. The van der Waals surface area contributed by atoms with E-state index in [1.165, 1.54) is 4.90 Å². The van der Waals surface area contributed by atoms with E-state index in [2.05, 4.69) is 36.8 Å². The van der Waals surface area contributed by atoms with Crippen LogP contribution in [0.15, 0.2) is 15.1 Å². The standard InChI is InChI=1S/C8H6Br2N2O2/c1-12-5-2-4(9)7(10)11-8(5)14-3-6(12)13/h2H,3H2,1H3. The summed E-state index contributed by atoms with van der Waals surface area (Å²) in [5.74, 6) is 0.399. The molecule has 0 bridgehead atoms. The van der Waals surface area contributed by atoms with Crippen LogP contribution in [0.2, 0.25) is 0 Å². The Kier molecular flexibility index (Phi) is 2.48. The number of likely N-dealkylation sites (N-methyl/N-ethyl adjacent to an activating group) is 1. The number of hydrogen-bond donors (Lipinski definition) is 0. The Bertz CT molecular complexity index is 409. The number of pyridine rings is 1. The summed E-state index contributed by atoms with van der Waals surface area (Å²) < 4.78 is 6.65. The van der Waals surface area contributed by atoms with Gasteiger partial charge in [-0.3, -0.25) is 4.79 Å². The molecule has 0 radical (unpaired) electrons. The maximum Gasteiger partial charge on any atom is 0.264 e. The Morgan fingerprint density at radius 3 is 3.00 bits per heavy atom. The number of halogens is 2. The second kappa shape index (κ2) is 3.51. The molecule has 1 aliphatic rings. The van der Waals surface area contributed by atoms with Crippen molar-refractivity contribution in [2.45, 2.75) is 0 Å². The smallest absolute Gasteiger partial charge is 0.264 e. The highest BCUT2D eigenvalue weighted by Gasteiger charge is 2.24. The normalized spacial score (nSPS) is 15.1. The molecule has 6 heteroatoms. The van der Waals surface area contributed by atoms with Gasteiger partial charge in [0.1, 0.15) is 10.3 Å². The van der Waals surface area contributed by atoms with Gasteiger partial charge in [-0.05, 0) is 37.9 Å². The van der Waals surface area contributed by atoms with E-state index in [0.29, 0.717) is 16.2 Å². The van der Waals surface area contributed by atoms with Crippen LogP contribution in [0.3, 0.4) is 0 Å². The molecule has 4 nitrogen and oxygen atoms in total. The fourth-order valence-electron chi connectivity index (χ4n) is 1.15. The SMILES string of the molecule is CN1C(=O)COc2nc(Br)c(Br)cc21. The molecule has 1 amide bonds. The molecule has 0 atom stereocenters. The van der Waals surface area contributed by atoms with E-state index in [4.69, 9.17) is 4.74 Å². The molecular formula is C8H6Br2N2O2. The van der Waals surface area contributed by atoms with Crippen molar-refractivity contribution in [2.75, 3.05) is 18.6 Å². The van der Waals surface area contributed by atoms with Gasteiger partial charge in [0.2, 0.25) is 5.88 Å². The Morgan fingerprint density at radius 1 is 1.57 bits per heavy atom. The van der Waals surface area contributed by atoms with E-state index in [1.54, 1.807) is 13.1 Å². The maximum absolute atomic E-state index is 11.3. The van der Waals surface area contributed by atoms with E-state index >= 15 is 0 Å². The van der Waals surface area contributed by atoms with E-state index in [9.17, 15) is 4.79 Å². The lowest BCUT2D eigenvalue weighted by Gasteiger charge is -2.25. The predicted octanol–water partition coefficient (Wildman–Crippen LogP) is 1.96. The zero-order valence-electron chi connectivity index (χ0n) is 7.25. The molecule has 0 fully saturated rings. The number of fused-ring (bicyclic) bond motifs is 1. The summed E-state index contributed by atoms with van der Waals surface area (Å²) in [5, 5.41) is 0. The largest absolute Gasteiger partial charge is 0.466 e. The van der Waals surface area contributed by atoms with Gasteiger partial charge in [-0.15, -0.1) is 0 Å². The molecule has 0 aliphatic carbocycles. The third-order valence-corrected chi connectivity index (χ3v) is 3.69. The van der Waals surface area contributed by atoms with Gasteiger partial charge in [0.05, 0.1) is 4.47 Å². The summed E-state index contributed by atoms with van der Waals surface area (Å²) in [5.41, 5.74) is 0.677. The van der Waals surface area contributed by atoms with Crippen molar-refractivity contribution in [2.24, 2.45) is 0 Å². The predicted molar refractivity (Wildman–Crippen MR) is 58.5 cm³/mol. The van der Waals surface area contributed by atoms with Crippen molar-refractivity contribution in [1.82, 2.24) is 4.98 Å². The van der Waals surface area contributed by atoms with Gasteiger partial charge in [0, 0.05) is 7.05 Å². The highest BCUT2D eigenvalue weighted by Crippen LogP contribution is 2.35. The third-order valence-electron chi connectivity index (χ3n) is 1.95. The number of carbonyl (C=O) groups excluding carboxylic acids is 1. The van der Waals surface area contributed by atoms with Gasteiger partial charge in [-0.1, -0.05) is 0 Å². The van der Waals surface area contributed by atoms with Crippen LogP contribution in [0.4, 0.5) is 5.69 Å². The maximum atomic E-state index is 11.3. The summed E-state index contributed by atoms with van der Waals surface area (Å²) >= 11 is 6.59. The minimum Gasteiger partial charge on any atom is -0.466 e. The Morgan fingerprint density at radius 2 is 2.29 bits per heavy atom. The molecule has 0 N–H and O–H groups in total. The fraction of sp³-hybridized carbons (Fsp3) is 0.250. The molecule has 74 valence electrons. The quantitative estimate of drug-likeness (QED) is 0.686. The average molecular weight is 322 g/mol. The van der Waals surface area contributed by atoms with Crippen LogP contribution in [-0.4, -0.2) is 24.5 Å². The lowest BCUT2D eigenvalue weighted by molar-refractivity contribution is -0.121. The Labute approximate surface area is 97.5 Å². The second-order valence-electron chi connectivity index (χ2n) is 2.83. The first-order valence-corrected chi connectivity index (χ1v) is 5.43.